The highest BCUT2D eigenvalue weighted by molar-refractivity contribution is 7.52. The number of hydrogen-bond acceptors (Lipinski definition) is 5. The molecule has 0 aliphatic rings. The topological polar surface area (TPSA) is 61.8 Å². The average Bonchev–Trinajstić information content (AvgIpc) is 2.33. The summed E-state index contributed by atoms with van der Waals surface area (Å²) < 4.78 is 27.0. The zero-order chi connectivity index (χ0) is 13.8. The fraction of sp³-hybridized carbons (Fsp3) is 0.417. The van der Waals surface area contributed by atoms with E-state index in [9.17, 15) is 9.36 Å². The SMILES string of the molecule is COP(=O)(Cc1c(C)cccc1OC(C)=O)OC. The van der Waals surface area contributed by atoms with Crippen molar-refractivity contribution in [2.45, 2.75) is 20.0 Å². The first-order valence-corrected chi connectivity index (χ1v) is 7.12. The molecule has 0 N–H and O–H groups in total. The number of benzene rings is 1. The number of hydrogen-bond donors (Lipinski definition) is 0. The van der Waals surface area contributed by atoms with Crippen molar-refractivity contribution in [1.82, 2.24) is 0 Å². The van der Waals surface area contributed by atoms with Gasteiger partial charge in [-0.3, -0.25) is 9.36 Å². The maximum atomic E-state index is 12.1. The third-order valence-electron chi connectivity index (χ3n) is 2.53. The van der Waals surface area contributed by atoms with E-state index in [1.165, 1.54) is 21.1 Å². The molecule has 0 heterocycles. The van der Waals surface area contributed by atoms with Gasteiger partial charge >= 0.3 is 13.6 Å². The van der Waals surface area contributed by atoms with E-state index in [-0.39, 0.29) is 6.16 Å². The Morgan fingerprint density at radius 3 is 2.39 bits per heavy atom. The number of carbonyl (C=O) groups is 1. The molecular weight excluding hydrogens is 255 g/mol. The molecule has 0 fully saturated rings. The van der Waals surface area contributed by atoms with Gasteiger partial charge in [-0.05, 0) is 18.6 Å². The molecule has 18 heavy (non-hydrogen) atoms. The molecule has 1 aromatic carbocycles. The Hall–Kier alpha value is -1.16. The summed E-state index contributed by atoms with van der Waals surface area (Å²) in [6, 6.07) is 5.26. The minimum Gasteiger partial charge on any atom is -0.426 e. The molecule has 0 aliphatic carbocycles. The summed E-state index contributed by atoms with van der Waals surface area (Å²) in [5.41, 5.74) is 1.52. The Morgan fingerprint density at radius 2 is 1.89 bits per heavy atom. The lowest BCUT2D eigenvalue weighted by Gasteiger charge is -2.17. The van der Waals surface area contributed by atoms with Crippen LogP contribution in [0.1, 0.15) is 18.1 Å². The van der Waals surface area contributed by atoms with Gasteiger partial charge in [-0.2, -0.15) is 0 Å². The number of esters is 1. The molecule has 1 aromatic rings. The first-order chi connectivity index (χ1) is 8.41. The third-order valence-corrected chi connectivity index (χ3v) is 4.35. The van der Waals surface area contributed by atoms with Gasteiger partial charge in [-0.15, -0.1) is 0 Å². The lowest BCUT2D eigenvalue weighted by molar-refractivity contribution is -0.131. The van der Waals surface area contributed by atoms with Crippen molar-refractivity contribution in [1.29, 1.82) is 0 Å². The summed E-state index contributed by atoms with van der Waals surface area (Å²) in [5, 5.41) is 0. The van der Waals surface area contributed by atoms with Crippen LogP contribution in [0.5, 0.6) is 5.75 Å². The van der Waals surface area contributed by atoms with E-state index in [1.54, 1.807) is 12.1 Å². The Morgan fingerprint density at radius 1 is 1.28 bits per heavy atom. The van der Waals surface area contributed by atoms with Crippen LogP contribution in [-0.4, -0.2) is 20.2 Å². The fourth-order valence-electron chi connectivity index (χ4n) is 1.53. The van der Waals surface area contributed by atoms with Crippen LogP contribution in [0, 0.1) is 6.92 Å². The number of ether oxygens (including phenoxy) is 1. The quantitative estimate of drug-likeness (QED) is 0.468. The van der Waals surface area contributed by atoms with Gasteiger partial charge < -0.3 is 13.8 Å². The number of aryl methyl sites for hydroxylation is 1. The summed E-state index contributed by atoms with van der Waals surface area (Å²) in [7, 11) is -0.537. The molecule has 5 nitrogen and oxygen atoms in total. The van der Waals surface area contributed by atoms with E-state index >= 15 is 0 Å². The zero-order valence-corrected chi connectivity index (χ0v) is 11.8. The van der Waals surface area contributed by atoms with E-state index in [4.69, 9.17) is 13.8 Å². The minimum atomic E-state index is -3.19. The molecule has 0 radical (unpaired) electrons. The van der Waals surface area contributed by atoms with Crippen molar-refractivity contribution in [3.8, 4) is 5.75 Å². The van der Waals surface area contributed by atoms with E-state index < -0.39 is 13.6 Å². The predicted molar refractivity (Wildman–Crippen MR) is 67.8 cm³/mol. The first-order valence-electron chi connectivity index (χ1n) is 5.39. The summed E-state index contributed by atoms with van der Waals surface area (Å²) in [6.07, 6.45) is 0.0648. The molecule has 0 spiro atoms. The molecule has 0 aromatic heterocycles. The van der Waals surface area contributed by atoms with Crippen LogP contribution in [0.2, 0.25) is 0 Å². The maximum Gasteiger partial charge on any atom is 0.334 e. The van der Waals surface area contributed by atoms with Gasteiger partial charge in [-0.25, -0.2) is 0 Å². The normalized spacial score (nSPS) is 11.3. The number of carbonyl (C=O) groups excluding carboxylic acids is 1. The highest BCUT2D eigenvalue weighted by Gasteiger charge is 2.25. The van der Waals surface area contributed by atoms with Crippen molar-refractivity contribution in [3.63, 3.8) is 0 Å². The molecule has 0 bridgehead atoms. The molecular formula is C12H17O5P. The van der Waals surface area contributed by atoms with Crippen molar-refractivity contribution >= 4 is 13.6 Å². The summed E-state index contributed by atoms with van der Waals surface area (Å²) in [5.74, 6) is -0.0386. The van der Waals surface area contributed by atoms with Gasteiger partial charge in [0.25, 0.3) is 0 Å². The van der Waals surface area contributed by atoms with Crippen LogP contribution in [0.25, 0.3) is 0 Å². The Kier molecular flexibility index (Phi) is 5.08. The number of rotatable bonds is 5. The monoisotopic (exact) mass is 272 g/mol. The summed E-state index contributed by atoms with van der Waals surface area (Å²) in [6.45, 7) is 3.16. The van der Waals surface area contributed by atoms with Gasteiger partial charge in [0, 0.05) is 26.7 Å². The van der Waals surface area contributed by atoms with E-state index in [2.05, 4.69) is 0 Å². The molecule has 0 amide bonds. The van der Waals surface area contributed by atoms with Crippen molar-refractivity contribution < 1.29 is 23.1 Å². The van der Waals surface area contributed by atoms with Crippen LogP contribution in [0.3, 0.4) is 0 Å². The van der Waals surface area contributed by atoms with Gasteiger partial charge in [-0.1, -0.05) is 12.1 Å². The second-order valence-corrected chi connectivity index (χ2v) is 6.05. The maximum absolute atomic E-state index is 12.1. The lowest BCUT2D eigenvalue weighted by atomic mass is 10.1. The summed E-state index contributed by atoms with van der Waals surface area (Å²) >= 11 is 0. The lowest BCUT2D eigenvalue weighted by Crippen LogP contribution is -2.06. The third kappa shape index (κ3) is 3.67. The van der Waals surface area contributed by atoms with Crippen LogP contribution in [-0.2, 0) is 24.6 Å². The van der Waals surface area contributed by atoms with Gasteiger partial charge in [0.05, 0.1) is 6.16 Å². The Balaban J connectivity index is 3.14. The van der Waals surface area contributed by atoms with Crippen LogP contribution in [0.4, 0.5) is 0 Å². The Labute approximate surface area is 107 Å². The second-order valence-electron chi connectivity index (χ2n) is 3.78. The standard InChI is InChI=1S/C12H17O5P/c1-9-6-5-7-12(17-10(2)13)11(9)8-18(14,15-3)16-4/h5-7H,8H2,1-4H3. The second kappa shape index (κ2) is 6.14. The van der Waals surface area contributed by atoms with Crippen molar-refractivity contribution in [2.24, 2.45) is 0 Å². The van der Waals surface area contributed by atoms with Gasteiger partial charge in [0.15, 0.2) is 0 Å². The Bertz CT molecular complexity index is 475. The van der Waals surface area contributed by atoms with E-state index in [1.807, 2.05) is 13.0 Å². The molecule has 6 heteroatoms. The molecule has 0 atom stereocenters. The molecule has 0 saturated heterocycles. The van der Waals surface area contributed by atoms with Crippen molar-refractivity contribution in [3.05, 3.63) is 29.3 Å². The van der Waals surface area contributed by atoms with Crippen LogP contribution in [0.15, 0.2) is 18.2 Å². The van der Waals surface area contributed by atoms with Crippen molar-refractivity contribution in [2.75, 3.05) is 14.2 Å². The summed E-state index contributed by atoms with van der Waals surface area (Å²) in [4.78, 5) is 11.0. The van der Waals surface area contributed by atoms with Gasteiger partial charge in [0.1, 0.15) is 5.75 Å². The molecule has 0 saturated carbocycles. The highest BCUT2D eigenvalue weighted by atomic mass is 31.2. The highest BCUT2D eigenvalue weighted by Crippen LogP contribution is 2.51. The molecule has 100 valence electrons. The van der Waals surface area contributed by atoms with Gasteiger partial charge in [0.2, 0.25) is 0 Å². The van der Waals surface area contributed by atoms with Crippen LogP contribution < -0.4 is 4.74 Å². The average molecular weight is 272 g/mol. The van der Waals surface area contributed by atoms with E-state index in [0.717, 1.165) is 5.56 Å². The zero-order valence-electron chi connectivity index (χ0n) is 10.9. The largest absolute Gasteiger partial charge is 0.426 e. The fourth-order valence-corrected chi connectivity index (χ4v) is 2.73. The smallest absolute Gasteiger partial charge is 0.334 e. The van der Waals surface area contributed by atoms with E-state index in [0.29, 0.717) is 11.3 Å². The molecule has 0 aliphatic heterocycles. The van der Waals surface area contributed by atoms with Crippen LogP contribution >= 0.6 is 7.60 Å². The predicted octanol–water partition coefficient (Wildman–Crippen LogP) is 2.91. The minimum absolute atomic E-state index is 0.0648. The molecule has 0 unspecified atom stereocenters. The molecule has 1 rings (SSSR count). The first kappa shape index (κ1) is 14.9.